The van der Waals surface area contributed by atoms with Crippen LogP contribution in [0, 0.1) is 0 Å². The van der Waals surface area contributed by atoms with Crippen molar-refractivity contribution in [1.82, 2.24) is 0 Å². The topological polar surface area (TPSA) is 93.8 Å². The Morgan fingerprint density at radius 3 is 2.64 bits per heavy atom. The van der Waals surface area contributed by atoms with Gasteiger partial charge in [-0.1, -0.05) is 6.92 Å². The lowest BCUT2D eigenvalue weighted by atomic mass is 10.1. The van der Waals surface area contributed by atoms with Crippen molar-refractivity contribution in [2.45, 2.75) is 18.2 Å². The molecule has 0 aliphatic heterocycles. The third-order valence-electron chi connectivity index (χ3n) is 3.83. The summed E-state index contributed by atoms with van der Waals surface area (Å²) in [5.41, 5.74) is 0.133. The van der Waals surface area contributed by atoms with Crippen molar-refractivity contribution in [2.24, 2.45) is 0 Å². The van der Waals surface area contributed by atoms with E-state index >= 15 is 0 Å². The number of carboxylic acid groups (broad SMARTS) is 1. The Balaban J connectivity index is 2.37. The quantitative estimate of drug-likeness (QED) is 0.703. The van der Waals surface area contributed by atoms with Crippen molar-refractivity contribution in [3.63, 3.8) is 0 Å². The molecule has 0 aliphatic carbocycles. The number of aromatic carboxylic acids is 1. The highest BCUT2D eigenvalue weighted by Crippen LogP contribution is 2.30. The van der Waals surface area contributed by atoms with Gasteiger partial charge in [-0.2, -0.15) is 0 Å². The number of rotatable bonds is 5. The molecule has 0 aliphatic rings. The molecule has 25 heavy (non-hydrogen) atoms. The molecular weight excluding hydrogens is 344 g/mol. The van der Waals surface area contributed by atoms with Gasteiger partial charge < -0.3 is 14.3 Å². The molecule has 1 aromatic heterocycles. The smallest absolute Gasteiger partial charge is 0.335 e. The van der Waals surface area contributed by atoms with Gasteiger partial charge in [-0.3, -0.25) is 9.00 Å². The van der Waals surface area contributed by atoms with Gasteiger partial charge in [0.05, 0.1) is 34.2 Å². The zero-order valence-corrected chi connectivity index (χ0v) is 14.5. The van der Waals surface area contributed by atoms with Gasteiger partial charge in [0.2, 0.25) is 5.43 Å². The minimum absolute atomic E-state index is 0.00294. The molecule has 1 unspecified atom stereocenters. The molecule has 2 aromatic carbocycles. The summed E-state index contributed by atoms with van der Waals surface area (Å²) in [7, 11) is 0.184. The molecule has 7 heteroatoms. The predicted molar refractivity (Wildman–Crippen MR) is 95.1 cm³/mol. The van der Waals surface area contributed by atoms with Crippen molar-refractivity contribution in [2.75, 3.05) is 12.9 Å². The zero-order chi connectivity index (χ0) is 18.1. The lowest BCUT2D eigenvalue weighted by Gasteiger charge is -2.09. The molecule has 0 saturated heterocycles. The predicted octanol–water partition coefficient (Wildman–Crippen LogP) is 3.17. The molecule has 0 saturated carbocycles. The first-order chi connectivity index (χ1) is 12.0. The van der Waals surface area contributed by atoms with Crippen molar-refractivity contribution < 1.29 is 23.3 Å². The summed E-state index contributed by atoms with van der Waals surface area (Å²) in [5, 5.41) is 9.49. The second-order valence-electron chi connectivity index (χ2n) is 5.50. The Kier molecular flexibility index (Phi) is 4.59. The molecule has 1 heterocycles. The van der Waals surface area contributed by atoms with E-state index in [0.29, 0.717) is 16.4 Å². The summed E-state index contributed by atoms with van der Waals surface area (Å²) in [4.78, 5) is 24.5. The summed E-state index contributed by atoms with van der Waals surface area (Å²) in [6, 6.07) is 7.24. The van der Waals surface area contributed by atoms with Crippen LogP contribution in [-0.4, -0.2) is 28.1 Å². The maximum absolute atomic E-state index is 12.9. The maximum Gasteiger partial charge on any atom is 0.335 e. The van der Waals surface area contributed by atoms with E-state index in [4.69, 9.17) is 14.3 Å². The molecule has 0 radical (unpaired) electrons. The molecule has 0 fully saturated rings. The normalized spacial score (nSPS) is 12.4. The van der Waals surface area contributed by atoms with E-state index in [1.165, 1.54) is 31.4 Å². The third kappa shape index (κ3) is 3.02. The summed E-state index contributed by atoms with van der Waals surface area (Å²) in [6.07, 6.45) is 0.737. The molecule has 3 aromatic rings. The SMILES string of the molecule is CCCS(=O)c1cc(OC)c2oc3ccc(C(=O)O)cc3c(=O)c2c1. The molecule has 1 N–H and O–H groups in total. The van der Waals surface area contributed by atoms with Crippen molar-refractivity contribution in [3.8, 4) is 5.75 Å². The van der Waals surface area contributed by atoms with Crippen LogP contribution in [0.4, 0.5) is 0 Å². The number of carbonyl (C=O) groups is 1. The zero-order valence-electron chi connectivity index (χ0n) is 13.7. The first-order valence-electron chi connectivity index (χ1n) is 7.66. The van der Waals surface area contributed by atoms with Gasteiger partial charge in [-0.05, 0) is 30.7 Å². The van der Waals surface area contributed by atoms with Gasteiger partial charge in [0.15, 0.2) is 11.3 Å². The highest BCUT2D eigenvalue weighted by Gasteiger charge is 2.17. The fourth-order valence-electron chi connectivity index (χ4n) is 2.62. The largest absolute Gasteiger partial charge is 0.493 e. The summed E-state index contributed by atoms with van der Waals surface area (Å²) < 4.78 is 23.4. The minimum Gasteiger partial charge on any atom is -0.493 e. The number of ether oxygens (including phenoxy) is 1. The van der Waals surface area contributed by atoms with Crippen LogP contribution < -0.4 is 10.2 Å². The van der Waals surface area contributed by atoms with Crippen LogP contribution in [0.25, 0.3) is 21.9 Å². The lowest BCUT2D eigenvalue weighted by Crippen LogP contribution is -2.07. The van der Waals surface area contributed by atoms with E-state index in [2.05, 4.69) is 0 Å². The molecule has 0 bridgehead atoms. The average Bonchev–Trinajstić information content (AvgIpc) is 2.61. The molecule has 1 atom stereocenters. The van der Waals surface area contributed by atoms with Crippen LogP contribution in [0.3, 0.4) is 0 Å². The van der Waals surface area contributed by atoms with Crippen molar-refractivity contribution >= 4 is 38.7 Å². The van der Waals surface area contributed by atoms with Gasteiger partial charge in [0, 0.05) is 16.7 Å². The average molecular weight is 360 g/mol. The van der Waals surface area contributed by atoms with E-state index in [1.54, 1.807) is 6.07 Å². The first-order valence-corrected chi connectivity index (χ1v) is 8.98. The fraction of sp³-hybridized carbons (Fsp3) is 0.222. The van der Waals surface area contributed by atoms with Gasteiger partial charge in [0.1, 0.15) is 5.58 Å². The molecular formula is C18H16O6S. The van der Waals surface area contributed by atoms with Gasteiger partial charge in [-0.15, -0.1) is 0 Å². The van der Waals surface area contributed by atoms with Gasteiger partial charge in [0.25, 0.3) is 0 Å². The van der Waals surface area contributed by atoms with Crippen LogP contribution in [0.15, 0.2) is 44.4 Å². The molecule has 3 rings (SSSR count). The Morgan fingerprint density at radius 1 is 1.24 bits per heavy atom. The molecule has 0 spiro atoms. The summed E-state index contributed by atoms with van der Waals surface area (Å²) in [5.74, 6) is -0.341. The Bertz CT molecular complexity index is 1070. The second-order valence-corrected chi connectivity index (χ2v) is 7.07. The first kappa shape index (κ1) is 17.2. The number of hydrogen-bond acceptors (Lipinski definition) is 5. The van der Waals surface area contributed by atoms with E-state index in [1.807, 2.05) is 6.92 Å². The van der Waals surface area contributed by atoms with Crippen LogP contribution >= 0.6 is 0 Å². The highest BCUT2D eigenvalue weighted by molar-refractivity contribution is 7.85. The Morgan fingerprint density at radius 2 is 2.00 bits per heavy atom. The fourth-order valence-corrected chi connectivity index (χ4v) is 3.72. The van der Waals surface area contributed by atoms with Crippen molar-refractivity contribution in [3.05, 3.63) is 46.1 Å². The van der Waals surface area contributed by atoms with E-state index in [9.17, 15) is 13.8 Å². The number of fused-ring (bicyclic) bond motifs is 2. The summed E-state index contributed by atoms with van der Waals surface area (Å²) >= 11 is 0. The maximum atomic E-state index is 12.9. The van der Waals surface area contributed by atoms with Crippen molar-refractivity contribution in [1.29, 1.82) is 0 Å². The van der Waals surface area contributed by atoms with E-state index in [-0.39, 0.29) is 32.9 Å². The molecule has 130 valence electrons. The van der Waals surface area contributed by atoms with Gasteiger partial charge >= 0.3 is 5.97 Å². The third-order valence-corrected chi connectivity index (χ3v) is 5.37. The number of benzene rings is 2. The van der Waals surface area contributed by atoms with E-state index < -0.39 is 16.8 Å². The van der Waals surface area contributed by atoms with Crippen LogP contribution in [-0.2, 0) is 10.8 Å². The van der Waals surface area contributed by atoms with Crippen LogP contribution in [0.2, 0.25) is 0 Å². The van der Waals surface area contributed by atoms with E-state index in [0.717, 1.165) is 6.42 Å². The lowest BCUT2D eigenvalue weighted by molar-refractivity contribution is 0.0697. The summed E-state index contributed by atoms with van der Waals surface area (Å²) in [6.45, 7) is 1.92. The van der Waals surface area contributed by atoms with Crippen LogP contribution in [0.1, 0.15) is 23.7 Å². The number of carboxylic acids is 1. The number of methoxy groups -OCH3 is 1. The van der Waals surface area contributed by atoms with Gasteiger partial charge in [-0.25, -0.2) is 4.79 Å². The number of hydrogen-bond donors (Lipinski definition) is 1. The molecule has 6 nitrogen and oxygen atoms in total. The second kappa shape index (κ2) is 6.68. The van der Waals surface area contributed by atoms with Crippen LogP contribution in [0.5, 0.6) is 5.75 Å². The highest BCUT2D eigenvalue weighted by atomic mass is 32.2. The molecule has 0 amide bonds. The monoisotopic (exact) mass is 360 g/mol. The minimum atomic E-state index is -1.26. The Labute approximate surface area is 145 Å². The Hall–Kier alpha value is -2.67. The standard InChI is InChI=1S/C18H16O6S/c1-3-6-25(22)11-8-13-16(19)12-7-10(18(20)21)4-5-14(12)24-17(13)15(9-11)23-2/h4-5,7-9H,3,6H2,1-2H3,(H,20,21).